The molecule has 0 saturated carbocycles. The molecule has 0 saturated heterocycles. The van der Waals surface area contributed by atoms with E-state index >= 15 is 0 Å². The molecule has 22 heavy (non-hydrogen) atoms. The highest BCUT2D eigenvalue weighted by atomic mass is 35.5. The summed E-state index contributed by atoms with van der Waals surface area (Å²) in [6.45, 7) is 4.85. The van der Waals surface area contributed by atoms with Crippen molar-refractivity contribution in [1.29, 1.82) is 0 Å². The summed E-state index contributed by atoms with van der Waals surface area (Å²) in [7, 11) is 0. The van der Waals surface area contributed by atoms with Crippen molar-refractivity contribution in [2.75, 3.05) is 19.6 Å². The Morgan fingerprint density at radius 1 is 1.36 bits per heavy atom. The first-order valence-electron chi connectivity index (χ1n) is 7.65. The van der Waals surface area contributed by atoms with Crippen LogP contribution in [0.3, 0.4) is 0 Å². The normalized spacial score (nSPS) is 16.0. The lowest BCUT2D eigenvalue weighted by atomic mass is 10.1. The molecule has 6 heteroatoms. The SMILES string of the molecule is CCNC(=O)CN(CC)C(=O)N[C@@H]1CCc2cc(Cl)ccc21. The zero-order valence-corrected chi connectivity index (χ0v) is 13.7. The molecule has 0 radical (unpaired) electrons. The highest BCUT2D eigenvalue weighted by molar-refractivity contribution is 6.30. The average molecular weight is 324 g/mol. The molecule has 1 aliphatic carbocycles. The highest BCUT2D eigenvalue weighted by Gasteiger charge is 2.26. The smallest absolute Gasteiger partial charge is 0.318 e. The number of rotatable bonds is 5. The van der Waals surface area contributed by atoms with E-state index < -0.39 is 0 Å². The molecule has 0 aromatic heterocycles. The Hall–Kier alpha value is -1.75. The summed E-state index contributed by atoms with van der Waals surface area (Å²) < 4.78 is 0. The predicted octanol–water partition coefficient (Wildman–Crippen LogP) is 2.49. The molecule has 0 spiro atoms. The minimum Gasteiger partial charge on any atom is -0.355 e. The predicted molar refractivity (Wildman–Crippen MR) is 87.0 cm³/mol. The third-order valence-corrected chi connectivity index (χ3v) is 4.09. The van der Waals surface area contributed by atoms with Gasteiger partial charge in [0.25, 0.3) is 0 Å². The fourth-order valence-electron chi connectivity index (χ4n) is 2.73. The van der Waals surface area contributed by atoms with E-state index in [1.165, 1.54) is 10.5 Å². The molecule has 120 valence electrons. The third kappa shape index (κ3) is 3.91. The molecule has 0 unspecified atom stereocenters. The number of carbonyl (C=O) groups is 2. The first-order valence-corrected chi connectivity index (χ1v) is 8.03. The quantitative estimate of drug-likeness (QED) is 0.874. The maximum atomic E-state index is 12.4. The largest absolute Gasteiger partial charge is 0.355 e. The first kappa shape index (κ1) is 16.6. The number of amides is 3. The van der Waals surface area contributed by atoms with Crippen LogP contribution in [0.1, 0.15) is 37.4 Å². The topological polar surface area (TPSA) is 61.4 Å². The summed E-state index contributed by atoms with van der Waals surface area (Å²) in [4.78, 5) is 25.5. The molecule has 2 rings (SSSR count). The van der Waals surface area contributed by atoms with Crippen molar-refractivity contribution < 1.29 is 9.59 Å². The van der Waals surface area contributed by atoms with Crippen molar-refractivity contribution in [3.8, 4) is 0 Å². The fraction of sp³-hybridized carbons (Fsp3) is 0.500. The number of halogens is 1. The summed E-state index contributed by atoms with van der Waals surface area (Å²) in [5, 5.41) is 6.44. The maximum Gasteiger partial charge on any atom is 0.318 e. The second-order valence-electron chi connectivity index (χ2n) is 5.35. The number of nitrogens with zero attached hydrogens (tertiary/aromatic N) is 1. The lowest BCUT2D eigenvalue weighted by Crippen LogP contribution is -2.46. The van der Waals surface area contributed by atoms with Gasteiger partial charge in [0.2, 0.25) is 5.91 Å². The van der Waals surface area contributed by atoms with Crippen LogP contribution in [0.4, 0.5) is 4.79 Å². The van der Waals surface area contributed by atoms with Crippen LogP contribution in [0.5, 0.6) is 0 Å². The Bertz CT molecular complexity index is 562. The average Bonchev–Trinajstić information content (AvgIpc) is 2.87. The van der Waals surface area contributed by atoms with Crippen LogP contribution >= 0.6 is 11.6 Å². The number of carbonyl (C=O) groups excluding carboxylic acids is 2. The zero-order valence-electron chi connectivity index (χ0n) is 13.0. The maximum absolute atomic E-state index is 12.4. The molecule has 5 nitrogen and oxygen atoms in total. The van der Waals surface area contributed by atoms with Gasteiger partial charge in [0.1, 0.15) is 6.54 Å². The van der Waals surface area contributed by atoms with Crippen LogP contribution in [0.15, 0.2) is 18.2 Å². The molecule has 1 aliphatic rings. The van der Waals surface area contributed by atoms with E-state index in [-0.39, 0.29) is 24.5 Å². The Morgan fingerprint density at radius 3 is 2.82 bits per heavy atom. The van der Waals surface area contributed by atoms with Crippen LogP contribution in [-0.2, 0) is 11.2 Å². The van der Waals surface area contributed by atoms with Gasteiger partial charge in [0.15, 0.2) is 0 Å². The highest BCUT2D eigenvalue weighted by Crippen LogP contribution is 2.32. The van der Waals surface area contributed by atoms with Crippen molar-refractivity contribution >= 4 is 23.5 Å². The van der Waals surface area contributed by atoms with Gasteiger partial charge in [-0.1, -0.05) is 17.7 Å². The molecule has 2 N–H and O–H groups in total. The standard InChI is InChI=1S/C16H22ClN3O2/c1-3-18-15(21)10-20(4-2)16(22)19-14-8-5-11-9-12(17)6-7-13(11)14/h6-7,9,14H,3-5,8,10H2,1-2H3,(H,18,21)(H,19,22)/t14-/m1/s1. The number of likely N-dealkylation sites (N-methyl/N-ethyl adjacent to an activating group) is 2. The lowest BCUT2D eigenvalue weighted by molar-refractivity contribution is -0.121. The summed E-state index contributed by atoms with van der Waals surface area (Å²) in [5.74, 6) is -0.141. The van der Waals surface area contributed by atoms with Gasteiger partial charge in [-0.15, -0.1) is 0 Å². The number of fused-ring (bicyclic) bond motifs is 1. The summed E-state index contributed by atoms with van der Waals surface area (Å²) >= 11 is 6.00. The van der Waals surface area contributed by atoms with Crippen molar-refractivity contribution in [3.63, 3.8) is 0 Å². The van der Waals surface area contributed by atoms with Crippen LogP contribution in [0, 0.1) is 0 Å². The molecule has 0 fully saturated rings. The molecular weight excluding hydrogens is 302 g/mol. The molecule has 0 bridgehead atoms. The monoisotopic (exact) mass is 323 g/mol. The molecule has 0 aliphatic heterocycles. The minimum atomic E-state index is -0.207. The van der Waals surface area contributed by atoms with Crippen molar-refractivity contribution in [1.82, 2.24) is 15.5 Å². The molecule has 1 aromatic rings. The van der Waals surface area contributed by atoms with E-state index in [1.807, 2.05) is 32.0 Å². The molecule has 0 heterocycles. The first-order chi connectivity index (χ1) is 10.5. The van der Waals surface area contributed by atoms with E-state index in [2.05, 4.69) is 10.6 Å². The second-order valence-corrected chi connectivity index (χ2v) is 5.79. The summed E-state index contributed by atoms with van der Waals surface area (Å²) in [6.07, 6.45) is 1.77. The van der Waals surface area contributed by atoms with E-state index in [4.69, 9.17) is 11.6 Å². The van der Waals surface area contributed by atoms with Crippen LogP contribution in [0.2, 0.25) is 5.02 Å². The minimum absolute atomic E-state index is 0.0111. The zero-order chi connectivity index (χ0) is 16.1. The van der Waals surface area contributed by atoms with Crippen molar-refractivity contribution in [3.05, 3.63) is 34.3 Å². The fourth-order valence-corrected chi connectivity index (χ4v) is 2.92. The second kappa shape index (κ2) is 7.49. The van der Waals surface area contributed by atoms with E-state index in [0.717, 1.165) is 23.4 Å². The molecule has 1 atom stereocenters. The Kier molecular flexibility index (Phi) is 5.66. The van der Waals surface area contributed by atoms with Crippen LogP contribution in [0.25, 0.3) is 0 Å². The number of benzene rings is 1. The van der Waals surface area contributed by atoms with Gasteiger partial charge < -0.3 is 15.5 Å². The van der Waals surface area contributed by atoms with Gasteiger partial charge in [0.05, 0.1) is 6.04 Å². The summed E-state index contributed by atoms with van der Waals surface area (Å²) in [5.41, 5.74) is 2.30. The van der Waals surface area contributed by atoms with Crippen LogP contribution < -0.4 is 10.6 Å². The molecule has 1 aromatic carbocycles. The number of aryl methyl sites for hydroxylation is 1. The number of hydrogen-bond donors (Lipinski definition) is 2. The lowest BCUT2D eigenvalue weighted by Gasteiger charge is -2.23. The van der Waals surface area contributed by atoms with E-state index in [1.54, 1.807) is 0 Å². The van der Waals surface area contributed by atoms with Gasteiger partial charge in [-0.2, -0.15) is 0 Å². The van der Waals surface area contributed by atoms with Gasteiger partial charge in [-0.3, -0.25) is 4.79 Å². The third-order valence-electron chi connectivity index (χ3n) is 3.86. The van der Waals surface area contributed by atoms with Gasteiger partial charge in [0, 0.05) is 18.1 Å². The summed E-state index contributed by atoms with van der Waals surface area (Å²) in [6, 6.07) is 5.55. The number of hydrogen-bond acceptors (Lipinski definition) is 2. The van der Waals surface area contributed by atoms with E-state index in [9.17, 15) is 9.59 Å². The van der Waals surface area contributed by atoms with Crippen molar-refractivity contribution in [2.45, 2.75) is 32.7 Å². The van der Waals surface area contributed by atoms with E-state index in [0.29, 0.717) is 13.1 Å². The molecule has 3 amide bonds. The van der Waals surface area contributed by atoms with Gasteiger partial charge in [-0.25, -0.2) is 4.79 Å². The number of nitrogens with one attached hydrogen (secondary N) is 2. The molecular formula is C16H22ClN3O2. The van der Waals surface area contributed by atoms with Crippen LogP contribution in [-0.4, -0.2) is 36.5 Å². The number of urea groups is 1. The van der Waals surface area contributed by atoms with Gasteiger partial charge in [-0.05, 0) is 49.9 Å². The Morgan fingerprint density at radius 2 is 2.14 bits per heavy atom. The van der Waals surface area contributed by atoms with Crippen molar-refractivity contribution in [2.24, 2.45) is 0 Å². The Balaban J connectivity index is 1.99. The Labute approximate surface area is 136 Å². The van der Waals surface area contributed by atoms with Gasteiger partial charge >= 0.3 is 6.03 Å².